The smallest absolute Gasteiger partial charge is 0.241 e. The second-order valence-electron chi connectivity index (χ2n) is 4.65. The Morgan fingerprint density at radius 3 is 2.90 bits per heavy atom. The van der Waals surface area contributed by atoms with Crippen LogP contribution in [-0.4, -0.2) is 21.5 Å². The van der Waals surface area contributed by atoms with Crippen LogP contribution in [0.3, 0.4) is 0 Å². The summed E-state index contributed by atoms with van der Waals surface area (Å²) >= 11 is 1.46. The van der Waals surface area contributed by atoms with Crippen molar-refractivity contribution in [3.63, 3.8) is 0 Å². The minimum Gasteiger partial charge on any atom is -0.469 e. The molecule has 0 fully saturated rings. The maximum absolute atomic E-state index is 12.1. The van der Waals surface area contributed by atoms with Gasteiger partial charge in [-0.15, -0.1) is 11.3 Å². The van der Waals surface area contributed by atoms with Crippen molar-refractivity contribution in [1.82, 2.24) is 10.0 Å². The molecule has 0 amide bonds. The van der Waals surface area contributed by atoms with Gasteiger partial charge in [0.05, 0.1) is 11.2 Å². The predicted molar refractivity (Wildman–Crippen MR) is 83.9 cm³/mol. The lowest BCUT2D eigenvalue weighted by Gasteiger charge is -2.03. The fourth-order valence-corrected chi connectivity index (χ4v) is 4.11. The van der Waals surface area contributed by atoms with Crippen LogP contribution in [0.1, 0.15) is 24.0 Å². The normalized spacial score (nSPS) is 11.9. The molecule has 2 heterocycles. The van der Waals surface area contributed by atoms with Crippen LogP contribution in [-0.2, 0) is 23.0 Å². The Morgan fingerprint density at radius 1 is 1.33 bits per heavy atom. The SMILES string of the molecule is CCCNCc1cc(S(=O)(=O)NCCc2ccco2)cs1. The summed E-state index contributed by atoms with van der Waals surface area (Å²) in [6, 6.07) is 5.34. The molecule has 0 aliphatic heterocycles. The minimum absolute atomic E-state index is 0.328. The molecule has 5 nitrogen and oxygen atoms in total. The second kappa shape index (κ2) is 7.74. The maximum atomic E-state index is 12.1. The van der Waals surface area contributed by atoms with Crippen LogP contribution < -0.4 is 10.0 Å². The lowest BCUT2D eigenvalue weighted by atomic mass is 10.3. The van der Waals surface area contributed by atoms with Crippen molar-refractivity contribution in [2.45, 2.75) is 31.2 Å². The molecule has 0 saturated heterocycles. The Morgan fingerprint density at radius 2 is 2.19 bits per heavy atom. The number of sulfonamides is 1. The molecule has 0 unspecified atom stereocenters. The molecular formula is C14H20N2O3S2. The molecule has 0 radical (unpaired) electrons. The molecular weight excluding hydrogens is 308 g/mol. The highest BCUT2D eigenvalue weighted by Crippen LogP contribution is 2.19. The van der Waals surface area contributed by atoms with E-state index < -0.39 is 10.0 Å². The van der Waals surface area contributed by atoms with E-state index in [1.807, 2.05) is 6.07 Å². The fourth-order valence-electron chi connectivity index (χ4n) is 1.83. The average molecular weight is 328 g/mol. The van der Waals surface area contributed by atoms with E-state index in [1.165, 1.54) is 11.3 Å². The van der Waals surface area contributed by atoms with Gasteiger partial charge < -0.3 is 9.73 Å². The fraction of sp³-hybridized carbons (Fsp3) is 0.429. The Balaban J connectivity index is 1.86. The van der Waals surface area contributed by atoms with E-state index in [9.17, 15) is 8.42 Å². The van der Waals surface area contributed by atoms with Crippen molar-refractivity contribution < 1.29 is 12.8 Å². The van der Waals surface area contributed by atoms with E-state index in [0.717, 1.165) is 23.6 Å². The van der Waals surface area contributed by atoms with E-state index in [0.29, 0.717) is 24.4 Å². The third-order valence-electron chi connectivity index (χ3n) is 2.91. The van der Waals surface area contributed by atoms with Crippen molar-refractivity contribution in [2.24, 2.45) is 0 Å². The lowest BCUT2D eigenvalue weighted by molar-refractivity contribution is 0.506. The first kappa shape index (κ1) is 16.2. The van der Waals surface area contributed by atoms with Crippen molar-refractivity contribution in [3.8, 4) is 0 Å². The molecule has 2 aromatic heterocycles. The number of hydrogen-bond acceptors (Lipinski definition) is 5. The van der Waals surface area contributed by atoms with E-state index in [2.05, 4.69) is 17.0 Å². The molecule has 21 heavy (non-hydrogen) atoms. The summed E-state index contributed by atoms with van der Waals surface area (Å²) in [6.07, 6.45) is 3.18. The third-order valence-corrected chi connectivity index (χ3v) is 5.44. The number of thiophene rings is 1. The topological polar surface area (TPSA) is 71.3 Å². The quantitative estimate of drug-likeness (QED) is 0.693. The van der Waals surface area contributed by atoms with E-state index in [-0.39, 0.29) is 0 Å². The van der Waals surface area contributed by atoms with Crippen molar-refractivity contribution >= 4 is 21.4 Å². The Hall–Kier alpha value is -1.15. The van der Waals surface area contributed by atoms with Crippen molar-refractivity contribution in [2.75, 3.05) is 13.1 Å². The number of hydrogen-bond donors (Lipinski definition) is 2. The minimum atomic E-state index is -3.43. The molecule has 0 aliphatic carbocycles. The van der Waals surface area contributed by atoms with Crippen LogP contribution in [0.5, 0.6) is 0 Å². The lowest BCUT2D eigenvalue weighted by Crippen LogP contribution is -2.25. The summed E-state index contributed by atoms with van der Waals surface area (Å²) in [6.45, 7) is 4.07. The Kier molecular flexibility index (Phi) is 5.98. The van der Waals surface area contributed by atoms with Crippen LogP contribution in [0.2, 0.25) is 0 Å². The van der Waals surface area contributed by atoms with Crippen LogP contribution in [0, 0.1) is 0 Å². The first-order chi connectivity index (χ1) is 10.1. The van der Waals surface area contributed by atoms with E-state index >= 15 is 0 Å². The number of rotatable bonds is 9. The molecule has 0 bridgehead atoms. The summed E-state index contributed by atoms with van der Waals surface area (Å²) in [5.74, 6) is 0.771. The van der Waals surface area contributed by atoms with E-state index in [1.54, 1.807) is 23.8 Å². The second-order valence-corrected chi connectivity index (χ2v) is 7.42. The van der Waals surface area contributed by atoms with Crippen LogP contribution in [0.25, 0.3) is 0 Å². The van der Waals surface area contributed by atoms with Crippen LogP contribution >= 0.6 is 11.3 Å². The number of nitrogens with one attached hydrogen (secondary N) is 2. The summed E-state index contributed by atoms with van der Waals surface area (Å²) in [4.78, 5) is 1.36. The van der Waals surface area contributed by atoms with Gasteiger partial charge in [-0.3, -0.25) is 0 Å². The molecule has 7 heteroatoms. The maximum Gasteiger partial charge on any atom is 0.241 e. The molecule has 0 aliphatic rings. The number of furan rings is 1. The van der Waals surface area contributed by atoms with Gasteiger partial charge in [-0.2, -0.15) is 0 Å². The summed E-state index contributed by atoms with van der Waals surface area (Å²) < 4.78 is 32.1. The highest BCUT2D eigenvalue weighted by molar-refractivity contribution is 7.89. The monoisotopic (exact) mass is 328 g/mol. The van der Waals surface area contributed by atoms with Crippen LogP contribution in [0.4, 0.5) is 0 Å². The molecule has 2 rings (SSSR count). The molecule has 0 saturated carbocycles. The van der Waals surface area contributed by atoms with Gasteiger partial charge in [-0.25, -0.2) is 13.1 Å². The van der Waals surface area contributed by atoms with Gasteiger partial charge in [0.2, 0.25) is 10.0 Å². The zero-order chi connectivity index (χ0) is 15.1. The van der Waals surface area contributed by atoms with Gasteiger partial charge >= 0.3 is 0 Å². The van der Waals surface area contributed by atoms with Crippen molar-refractivity contribution in [3.05, 3.63) is 40.5 Å². The van der Waals surface area contributed by atoms with Crippen molar-refractivity contribution in [1.29, 1.82) is 0 Å². The molecule has 0 aromatic carbocycles. The standard InChI is InChI=1S/C14H20N2O3S2/c1-2-6-15-10-13-9-14(11-20-13)21(17,18)16-7-5-12-4-3-8-19-12/h3-4,8-9,11,15-16H,2,5-7,10H2,1H3. The first-order valence-electron chi connectivity index (χ1n) is 6.92. The molecule has 2 N–H and O–H groups in total. The average Bonchev–Trinajstić information content (AvgIpc) is 3.10. The summed E-state index contributed by atoms with van der Waals surface area (Å²) in [5.41, 5.74) is 0. The van der Waals surface area contributed by atoms with E-state index in [4.69, 9.17) is 4.42 Å². The molecule has 0 spiro atoms. The zero-order valence-electron chi connectivity index (χ0n) is 12.0. The van der Waals surface area contributed by atoms with Gasteiger partial charge in [-0.1, -0.05) is 6.92 Å². The Labute approximate surface area is 129 Å². The largest absolute Gasteiger partial charge is 0.469 e. The zero-order valence-corrected chi connectivity index (χ0v) is 13.6. The Bertz CT molecular complexity index is 633. The first-order valence-corrected chi connectivity index (χ1v) is 9.28. The molecule has 2 aromatic rings. The summed E-state index contributed by atoms with van der Waals surface area (Å²) in [7, 11) is -3.43. The highest BCUT2D eigenvalue weighted by atomic mass is 32.2. The van der Waals surface area contributed by atoms with Gasteiger partial charge in [0.25, 0.3) is 0 Å². The molecule has 116 valence electrons. The van der Waals surface area contributed by atoms with Gasteiger partial charge in [0, 0.05) is 29.8 Å². The van der Waals surface area contributed by atoms with Gasteiger partial charge in [-0.05, 0) is 31.2 Å². The highest BCUT2D eigenvalue weighted by Gasteiger charge is 2.15. The third kappa shape index (κ3) is 4.96. The van der Waals surface area contributed by atoms with Gasteiger partial charge in [0.1, 0.15) is 5.76 Å². The predicted octanol–water partition coefficient (Wildman–Crippen LogP) is 2.36. The van der Waals surface area contributed by atoms with Gasteiger partial charge in [0.15, 0.2) is 0 Å². The summed E-state index contributed by atoms with van der Waals surface area (Å²) in [5, 5.41) is 4.94. The van der Waals surface area contributed by atoms with Crippen LogP contribution in [0.15, 0.2) is 39.2 Å². The molecule has 0 atom stereocenters.